The summed E-state index contributed by atoms with van der Waals surface area (Å²) in [6, 6.07) is 9.38. The summed E-state index contributed by atoms with van der Waals surface area (Å²) in [6.45, 7) is 5.45. The number of esters is 1. The van der Waals surface area contributed by atoms with E-state index in [0.717, 1.165) is 0 Å². The molecule has 0 saturated carbocycles. The standard InChI is InChI=1S/C25H27ClN4O6S/c1-4-34-19-11-15(10-17(26)23(19)32)12-27-30-20(31)13-36-18-9-7-6-8-16(18)22-21(24(33)35-5-2)14(3)28-25(37)29-22/h6-12,22,32H,4-5,13H2,1-3H3,(H,30,31)(H2,28,29,37)/t22-/m1/s1. The molecule has 12 heteroatoms. The molecule has 1 aliphatic rings. The average molecular weight is 547 g/mol. The third-order valence-electron chi connectivity index (χ3n) is 5.11. The SMILES string of the molecule is CCOC(=O)C1=C(C)NC(=S)N[C@@H]1c1ccccc1OCC(=O)NN=Cc1cc(Cl)c(O)c(OCC)c1. The first-order valence-corrected chi connectivity index (χ1v) is 12.2. The highest BCUT2D eigenvalue weighted by atomic mass is 35.5. The zero-order valence-corrected chi connectivity index (χ0v) is 22.0. The van der Waals surface area contributed by atoms with Crippen molar-refractivity contribution in [2.75, 3.05) is 19.8 Å². The maximum atomic E-state index is 12.7. The molecule has 1 atom stereocenters. The Bertz CT molecular complexity index is 1250. The van der Waals surface area contributed by atoms with Crippen LogP contribution in [0.2, 0.25) is 5.02 Å². The lowest BCUT2D eigenvalue weighted by molar-refractivity contribution is -0.139. The predicted molar refractivity (Wildman–Crippen MR) is 143 cm³/mol. The molecule has 0 aliphatic carbocycles. The number of nitrogens with zero attached hydrogens (tertiary/aromatic N) is 1. The number of benzene rings is 2. The Kier molecular flexibility index (Phi) is 9.70. The lowest BCUT2D eigenvalue weighted by atomic mass is 9.95. The molecule has 37 heavy (non-hydrogen) atoms. The fourth-order valence-corrected chi connectivity index (χ4v) is 4.04. The number of nitrogens with one attached hydrogen (secondary N) is 3. The molecule has 196 valence electrons. The van der Waals surface area contributed by atoms with Crippen LogP contribution >= 0.6 is 23.8 Å². The largest absolute Gasteiger partial charge is 0.503 e. The molecule has 1 amide bonds. The molecule has 2 aromatic rings. The van der Waals surface area contributed by atoms with Crippen LogP contribution in [0.3, 0.4) is 0 Å². The number of phenolic OH excluding ortho intramolecular Hbond substituents is 1. The van der Waals surface area contributed by atoms with Gasteiger partial charge in [-0.15, -0.1) is 0 Å². The molecular weight excluding hydrogens is 520 g/mol. The fourth-order valence-electron chi connectivity index (χ4n) is 3.55. The van der Waals surface area contributed by atoms with Gasteiger partial charge in [0.15, 0.2) is 23.2 Å². The number of rotatable bonds is 10. The Hall–Kier alpha value is -3.83. The Morgan fingerprint density at radius 2 is 1.95 bits per heavy atom. The molecule has 10 nitrogen and oxygen atoms in total. The monoisotopic (exact) mass is 546 g/mol. The van der Waals surface area contributed by atoms with Gasteiger partial charge in [0.1, 0.15) is 5.75 Å². The molecule has 0 radical (unpaired) electrons. The highest BCUT2D eigenvalue weighted by molar-refractivity contribution is 7.80. The lowest BCUT2D eigenvalue weighted by Crippen LogP contribution is -2.45. The van der Waals surface area contributed by atoms with Crippen LogP contribution in [-0.2, 0) is 14.3 Å². The van der Waals surface area contributed by atoms with Crippen molar-refractivity contribution in [3.63, 3.8) is 0 Å². The highest BCUT2D eigenvalue weighted by Crippen LogP contribution is 2.35. The molecule has 0 bridgehead atoms. The summed E-state index contributed by atoms with van der Waals surface area (Å²) in [4.78, 5) is 25.0. The molecule has 4 N–H and O–H groups in total. The van der Waals surface area contributed by atoms with Gasteiger partial charge in [0.25, 0.3) is 5.91 Å². The minimum atomic E-state index is -0.635. The lowest BCUT2D eigenvalue weighted by Gasteiger charge is -2.30. The van der Waals surface area contributed by atoms with E-state index in [0.29, 0.717) is 39.9 Å². The van der Waals surface area contributed by atoms with Crippen molar-refractivity contribution < 1.29 is 28.9 Å². The molecular formula is C25H27ClN4O6S. The van der Waals surface area contributed by atoms with E-state index in [1.54, 1.807) is 51.1 Å². The number of para-hydroxylation sites is 1. The third-order valence-corrected chi connectivity index (χ3v) is 5.61. The van der Waals surface area contributed by atoms with Crippen LogP contribution in [0.25, 0.3) is 0 Å². The Labute approximate surface area is 224 Å². The first kappa shape index (κ1) is 27.8. The fraction of sp³-hybridized carbons (Fsp3) is 0.280. The van der Waals surface area contributed by atoms with E-state index in [4.69, 9.17) is 38.0 Å². The number of carbonyl (C=O) groups is 2. The number of allylic oxidation sites excluding steroid dienone is 1. The maximum absolute atomic E-state index is 12.7. The quantitative estimate of drug-likeness (QED) is 0.153. The molecule has 1 heterocycles. The van der Waals surface area contributed by atoms with Gasteiger partial charge in [0.05, 0.1) is 36.1 Å². The molecule has 1 aliphatic heterocycles. The number of ether oxygens (including phenoxy) is 3. The summed E-state index contributed by atoms with van der Waals surface area (Å²) < 4.78 is 16.3. The summed E-state index contributed by atoms with van der Waals surface area (Å²) in [5.74, 6) is -0.592. The van der Waals surface area contributed by atoms with Gasteiger partial charge in [-0.05, 0) is 56.8 Å². The van der Waals surface area contributed by atoms with Crippen molar-refractivity contribution in [2.24, 2.45) is 5.10 Å². The number of thiocarbonyl (C=S) groups is 1. The van der Waals surface area contributed by atoms with Gasteiger partial charge >= 0.3 is 5.97 Å². The van der Waals surface area contributed by atoms with Crippen LogP contribution in [0, 0.1) is 0 Å². The van der Waals surface area contributed by atoms with Crippen molar-refractivity contribution in [1.82, 2.24) is 16.1 Å². The average Bonchev–Trinajstić information content (AvgIpc) is 2.85. The van der Waals surface area contributed by atoms with Crippen molar-refractivity contribution >= 4 is 47.0 Å². The number of aromatic hydroxyl groups is 1. The summed E-state index contributed by atoms with van der Waals surface area (Å²) in [5, 5.41) is 20.3. The molecule has 3 rings (SSSR count). The number of hydrazone groups is 1. The topological polar surface area (TPSA) is 131 Å². The second kappa shape index (κ2) is 12.9. The van der Waals surface area contributed by atoms with E-state index >= 15 is 0 Å². The van der Waals surface area contributed by atoms with Crippen molar-refractivity contribution in [3.8, 4) is 17.2 Å². The van der Waals surface area contributed by atoms with E-state index in [-0.39, 0.29) is 29.7 Å². The molecule has 0 spiro atoms. The Morgan fingerprint density at radius 1 is 1.19 bits per heavy atom. The minimum Gasteiger partial charge on any atom is -0.503 e. The van der Waals surface area contributed by atoms with Gasteiger partial charge in [-0.1, -0.05) is 29.8 Å². The normalized spacial score (nSPS) is 15.1. The summed E-state index contributed by atoms with van der Waals surface area (Å²) >= 11 is 11.3. The van der Waals surface area contributed by atoms with Gasteiger partial charge in [-0.25, -0.2) is 10.2 Å². The van der Waals surface area contributed by atoms with Crippen LogP contribution in [0.1, 0.15) is 37.9 Å². The van der Waals surface area contributed by atoms with Crippen LogP contribution in [0.4, 0.5) is 0 Å². The number of phenols is 1. The van der Waals surface area contributed by atoms with E-state index in [9.17, 15) is 14.7 Å². The number of halogens is 1. The Morgan fingerprint density at radius 3 is 2.68 bits per heavy atom. The minimum absolute atomic E-state index is 0.0937. The van der Waals surface area contributed by atoms with Crippen LogP contribution in [0.5, 0.6) is 17.2 Å². The predicted octanol–water partition coefficient (Wildman–Crippen LogP) is 3.33. The summed E-state index contributed by atoms with van der Waals surface area (Å²) in [7, 11) is 0. The van der Waals surface area contributed by atoms with E-state index in [1.165, 1.54) is 12.3 Å². The molecule has 0 saturated heterocycles. The second-order valence-electron chi connectivity index (χ2n) is 7.69. The zero-order valence-electron chi connectivity index (χ0n) is 20.5. The summed E-state index contributed by atoms with van der Waals surface area (Å²) in [6.07, 6.45) is 1.36. The zero-order chi connectivity index (χ0) is 26.9. The number of amides is 1. The van der Waals surface area contributed by atoms with Crippen LogP contribution < -0.4 is 25.5 Å². The van der Waals surface area contributed by atoms with Crippen LogP contribution in [-0.4, -0.2) is 48.1 Å². The number of hydrogen-bond acceptors (Lipinski definition) is 8. The number of carbonyl (C=O) groups excluding carboxylic acids is 2. The second-order valence-corrected chi connectivity index (χ2v) is 8.51. The molecule has 0 unspecified atom stereocenters. The van der Waals surface area contributed by atoms with Crippen molar-refractivity contribution in [3.05, 3.63) is 63.8 Å². The maximum Gasteiger partial charge on any atom is 0.338 e. The molecule has 0 aromatic heterocycles. The van der Waals surface area contributed by atoms with E-state index < -0.39 is 17.9 Å². The Balaban J connectivity index is 1.70. The van der Waals surface area contributed by atoms with Crippen molar-refractivity contribution in [1.29, 1.82) is 0 Å². The van der Waals surface area contributed by atoms with Gasteiger partial charge in [-0.3, -0.25) is 4.79 Å². The molecule has 2 aromatic carbocycles. The molecule has 0 fully saturated rings. The highest BCUT2D eigenvalue weighted by Gasteiger charge is 2.32. The third kappa shape index (κ3) is 7.11. The van der Waals surface area contributed by atoms with Gasteiger partial charge < -0.3 is 30.0 Å². The number of hydrogen-bond donors (Lipinski definition) is 4. The smallest absolute Gasteiger partial charge is 0.338 e. The van der Waals surface area contributed by atoms with E-state index in [2.05, 4.69) is 21.2 Å². The van der Waals surface area contributed by atoms with Gasteiger partial charge in [0.2, 0.25) is 0 Å². The van der Waals surface area contributed by atoms with Crippen LogP contribution in [0.15, 0.2) is 52.8 Å². The summed E-state index contributed by atoms with van der Waals surface area (Å²) in [5.41, 5.74) is 4.42. The van der Waals surface area contributed by atoms with Gasteiger partial charge in [-0.2, -0.15) is 5.10 Å². The van der Waals surface area contributed by atoms with E-state index in [1.807, 2.05) is 0 Å². The van der Waals surface area contributed by atoms with Gasteiger partial charge in [0, 0.05) is 11.3 Å². The first-order valence-electron chi connectivity index (χ1n) is 11.4. The van der Waals surface area contributed by atoms with Crippen molar-refractivity contribution in [2.45, 2.75) is 26.8 Å². The first-order chi connectivity index (χ1) is 17.7.